The summed E-state index contributed by atoms with van der Waals surface area (Å²) in [6, 6.07) is 7.65. The van der Waals surface area contributed by atoms with Crippen LogP contribution >= 0.6 is 11.8 Å². The topological polar surface area (TPSA) is 73.9 Å². The van der Waals surface area contributed by atoms with Crippen molar-refractivity contribution in [3.8, 4) is 5.75 Å². The maximum atomic E-state index is 12.9. The third-order valence-corrected chi connectivity index (χ3v) is 6.59. The van der Waals surface area contributed by atoms with Crippen LogP contribution in [0.5, 0.6) is 5.75 Å². The van der Waals surface area contributed by atoms with Crippen LogP contribution in [0.4, 0.5) is 4.79 Å². The highest BCUT2D eigenvalue weighted by Gasteiger charge is 2.50. The molecular weight excluding hydrogens is 376 g/mol. The van der Waals surface area contributed by atoms with Gasteiger partial charge in [-0.15, -0.1) is 11.8 Å². The molecule has 7 nitrogen and oxygen atoms in total. The molecule has 2 aliphatic rings. The number of carbonyl (C=O) groups excluding carboxylic acids is 2. The molecular formula is C20H30N4O3S. The van der Waals surface area contributed by atoms with Gasteiger partial charge < -0.3 is 9.64 Å². The first-order chi connectivity index (χ1) is 13.5. The molecule has 2 N–H and O–H groups in total. The van der Waals surface area contributed by atoms with Gasteiger partial charge in [0, 0.05) is 14.1 Å². The Hall–Kier alpha value is -1.77. The van der Waals surface area contributed by atoms with Crippen LogP contribution in [-0.2, 0) is 4.79 Å². The van der Waals surface area contributed by atoms with Gasteiger partial charge in [-0.25, -0.2) is 4.79 Å². The Morgan fingerprint density at radius 2 is 1.82 bits per heavy atom. The fourth-order valence-electron chi connectivity index (χ4n) is 3.67. The van der Waals surface area contributed by atoms with Crippen LogP contribution in [0, 0.1) is 5.92 Å². The number of amides is 3. The Kier molecular flexibility index (Phi) is 6.85. The quantitative estimate of drug-likeness (QED) is 0.678. The summed E-state index contributed by atoms with van der Waals surface area (Å²) in [5.74, 6) is 1.35. The minimum absolute atomic E-state index is 0.0696. The zero-order chi connectivity index (χ0) is 20.3. The molecule has 0 aliphatic carbocycles. The summed E-state index contributed by atoms with van der Waals surface area (Å²) in [5.41, 5.74) is 1.05. The highest BCUT2D eigenvalue weighted by Crippen LogP contribution is 2.34. The number of carbonyl (C=O) groups is 2. The van der Waals surface area contributed by atoms with Crippen molar-refractivity contribution in [2.45, 2.75) is 44.4 Å². The maximum Gasteiger partial charge on any atom is 0.327 e. The first-order valence-electron chi connectivity index (χ1n) is 9.88. The lowest BCUT2D eigenvalue weighted by Crippen LogP contribution is -2.72. The van der Waals surface area contributed by atoms with Gasteiger partial charge in [0.15, 0.2) is 0 Å². The smallest absolute Gasteiger partial charge is 0.327 e. The molecule has 4 atom stereocenters. The number of ether oxygens (including phenoxy) is 1. The highest BCUT2D eigenvalue weighted by molar-refractivity contribution is 7.99. The second-order valence-electron chi connectivity index (χ2n) is 7.17. The van der Waals surface area contributed by atoms with Crippen LogP contribution in [0.1, 0.15) is 38.4 Å². The third-order valence-electron chi connectivity index (χ3n) is 5.28. The fourth-order valence-corrected chi connectivity index (χ4v) is 5.08. The van der Waals surface area contributed by atoms with Crippen molar-refractivity contribution >= 4 is 23.7 Å². The number of urea groups is 1. The summed E-state index contributed by atoms with van der Waals surface area (Å²) in [6.07, 6.45) is 1.72. The molecule has 3 rings (SSSR count). The standard InChI is InChI=1S/C20H30N4O3S/c1-5-7-12-28-18-15-17(23(3)20(26)24(4)19(15)25)21-16(22-18)13-8-10-14(11-9-13)27-6-2/h8-11,15-18,21-22H,5-7,12H2,1-4H3. The molecule has 2 fully saturated rings. The molecule has 0 aromatic heterocycles. The summed E-state index contributed by atoms with van der Waals surface area (Å²) in [5, 5.41) is 6.99. The molecule has 3 amide bonds. The first-order valence-corrected chi connectivity index (χ1v) is 10.9. The number of benzene rings is 1. The maximum absolute atomic E-state index is 12.9. The van der Waals surface area contributed by atoms with E-state index >= 15 is 0 Å². The van der Waals surface area contributed by atoms with Crippen LogP contribution in [0.2, 0.25) is 0 Å². The van der Waals surface area contributed by atoms with Crippen molar-refractivity contribution in [3.05, 3.63) is 29.8 Å². The molecule has 8 heteroatoms. The average molecular weight is 407 g/mol. The van der Waals surface area contributed by atoms with E-state index < -0.39 is 0 Å². The molecule has 2 saturated heterocycles. The van der Waals surface area contributed by atoms with Gasteiger partial charge in [-0.05, 0) is 36.8 Å². The van der Waals surface area contributed by atoms with Crippen molar-refractivity contribution in [2.75, 3.05) is 26.5 Å². The van der Waals surface area contributed by atoms with E-state index in [1.54, 1.807) is 30.8 Å². The molecule has 2 heterocycles. The van der Waals surface area contributed by atoms with Crippen LogP contribution in [0.15, 0.2) is 24.3 Å². The lowest BCUT2D eigenvalue weighted by molar-refractivity contribution is -0.140. The van der Waals surface area contributed by atoms with E-state index in [1.807, 2.05) is 31.2 Å². The second kappa shape index (κ2) is 9.15. The van der Waals surface area contributed by atoms with Crippen molar-refractivity contribution in [1.29, 1.82) is 0 Å². The van der Waals surface area contributed by atoms with Gasteiger partial charge in [0.1, 0.15) is 5.75 Å². The molecule has 2 aliphatic heterocycles. The summed E-state index contributed by atoms with van der Waals surface area (Å²) >= 11 is 1.77. The molecule has 0 radical (unpaired) electrons. The van der Waals surface area contributed by atoms with Crippen molar-refractivity contribution < 1.29 is 14.3 Å². The van der Waals surface area contributed by atoms with Gasteiger partial charge in [0.25, 0.3) is 0 Å². The van der Waals surface area contributed by atoms with E-state index in [4.69, 9.17) is 4.74 Å². The van der Waals surface area contributed by atoms with Gasteiger partial charge >= 0.3 is 6.03 Å². The van der Waals surface area contributed by atoms with Crippen molar-refractivity contribution in [3.63, 3.8) is 0 Å². The number of hydrogen-bond donors (Lipinski definition) is 2. The number of hydrogen-bond acceptors (Lipinski definition) is 6. The van der Waals surface area contributed by atoms with Gasteiger partial charge in [-0.3, -0.25) is 20.3 Å². The largest absolute Gasteiger partial charge is 0.494 e. The van der Waals surface area contributed by atoms with Gasteiger partial charge in [0.05, 0.1) is 30.2 Å². The molecule has 4 unspecified atom stereocenters. The van der Waals surface area contributed by atoms with Crippen LogP contribution < -0.4 is 15.4 Å². The highest BCUT2D eigenvalue weighted by atomic mass is 32.2. The number of imide groups is 1. The van der Waals surface area contributed by atoms with Crippen LogP contribution in [0.3, 0.4) is 0 Å². The lowest BCUT2D eigenvalue weighted by Gasteiger charge is -2.50. The number of rotatable bonds is 7. The minimum atomic E-state index is -0.340. The SMILES string of the molecule is CCCCSC1NC(c2ccc(OCC)cc2)NC2C1C(=O)N(C)C(=O)N2C. The zero-order valence-electron chi connectivity index (χ0n) is 17.0. The van der Waals surface area contributed by atoms with E-state index in [2.05, 4.69) is 17.6 Å². The molecule has 0 saturated carbocycles. The summed E-state index contributed by atoms with van der Waals surface area (Å²) in [7, 11) is 3.31. The normalized spacial score (nSPS) is 27.7. The fraction of sp³-hybridized carbons (Fsp3) is 0.600. The molecule has 1 aromatic rings. The van der Waals surface area contributed by atoms with Crippen LogP contribution in [-0.4, -0.2) is 59.7 Å². The molecule has 0 spiro atoms. The lowest BCUT2D eigenvalue weighted by atomic mass is 9.96. The third kappa shape index (κ3) is 4.14. The van der Waals surface area contributed by atoms with Gasteiger partial charge in [-0.1, -0.05) is 25.5 Å². The summed E-state index contributed by atoms with van der Waals surface area (Å²) in [6.45, 7) is 4.75. The Labute approximate surface area is 171 Å². The number of fused-ring (bicyclic) bond motifs is 1. The summed E-state index contributed by atoms with van der Waals surface area (Å²) < 4.78 is 5.53. The molecule has 154 valence electrons. The van der Waals surface area contributed by atoms with E-state index in [9.17, 15) is 9.59 Å². The number of nitrogens with one attached hydrogen (secondary N) is 2. The van der Waals surface area contributed by atoms with Gasteiger partial charge in [0.2, 0.25) is 5.91 Å². The minimum Gasteiger partial charge on any atom is -0.494 e. The zero-order valence-corrected chi connectivity index (χ0v) is 17.8. The second-order valence-corrected chi connectivity index (χ2v) is 8.42. The Bertz CT molecular complexity index is 699. The van der Waals surface area contributed by atoms with E-state index in [1.165, 1.54) is 4.90 Å². The van der Waals surface area contributed by atoms with E-state index in [-0.39, 0.29) is 35.6 Å². The predicted molar refractivity (Wildman–Crippen MR) is 111 cm³/mol. The monoisotopic (exact) mass is 406 g/mol. The molecule has 1 aromatic carbocycles. The van der Waals surface area contributed by atoms with E-state index in [0.717, 1.165) is 29.9 Å². The number of nitrogens with zero attached hydrogens (tertiary/aromatic N) is 2. The Morgan fingerprint density at radius 1 is 1.11 bits per heavy atom. The Balaban J connectivity index is 1.84. The first kappa shape index (κ1) is 21.0. The van der Waals surface area contributed by atoms with E-state index in [0.29, 0.717) is 6.61 Å². The average Bonchev–Trinajstić information content (AvgIpc) is 2.71. The number of thioether (sulfide) groups is 1. The van der Waals surface area contributed by atoms with Gasteiger partial charge in [-0.2, -0.15) is 0 Å². The molecule has 0 bridgehead atoms. The van der Waals surface area contributed by atoms with Crippen molar-refractivity contribution in [1.82, 2.24) is 20.4 Å². The number of unbranched alkanes of at least 4 members (excludes halogenated alkanes) is 1. The Morgan fingerprint density at radius 3 is 2.46 bits per heavy atom. The molecule has 28 heavy (non-hydrogen) atoms. The van der Waals surface area contributed by atoms with Crippen LogP contribution in [0.25, 0.3) is 0 Å². The summed E-state index contributed by atoms with van der Waals surface area (Å²) in [4.78, 5) is 28.2. The van der Waals surface area contributed by atoms with Crippen molar-refractivity contribution in [2.24, 2.45) is 5.92 Å². The predicted octanol–water partition coefficient (Wildman–Crippen LogP) is 2.60.